The molecule has 1 aromatic heterocycles. The van der Waals surface area contributed by atoms with Gasteiger partial charge in [0.05, 0.1) is 17.6 Å². The lowest BCUT2D eigenvalue weighted by atomic mass is 10.2. The second-order valence-corrected chi connectivity index (χ2v) is 6.57. The fourth-order valence-electron chi connectivity index (χ4n) is 1.86. The van der Waals surface area contributed by atoms with Crippen LogP contribution in [0.2, 0.25) is 5.15 Å². The van der Waals surface area contributed by atoms with Gasteiger partial charge < -0.3 is 15.2 Å². The zero-order chi connectivity index (χ0) is 17.9. The summed E-state index contributed by atoms with van der Waals surface area (Å²) in [5.41, 5.74) is 6.30. The van der Waals surface area contributed by atoms with Gasteiger partial charge in [0.15, 0.2) is 0 Å². The first kappa shape index (κ1) is 17.9. The number of aromatic nitrogens is 1. The van der Waals surface area contributed by atoms with Crippen molar-refractivity contribution in [1.29, 1.82) is 0 Å². The van der Waals surface area contributed by atoms with Crippen molar-refractivity contribution in [2.24, 2.45) is 0 Å². The summed E-state index contributed by atoms with van der Waals surface area (Å²) in [7, 11) is 1.59. The van der Waals surface area contributed by atoms with Crippen molar-refractivity contribution < 1.29 is 14.3 Å². The third-order valence-electron chi connectivity index (χ3n) is 2.97. The van der Waals surface area contributed by atoms with Crippen LogP contribution in [0, 0.1) is 0 Å². The van der Waals surface area contributed by atoms with Crippen molar-refractivity contribution in [2.75, 3.05) is 17.7 Å². The molecular formula is C17H20ClN3O3. The summed E-state index contributed by atoms with van der Waals surface area (Å²) in [6.07, 6.45) is 1.01. The number of hydrogen-bond donors (Lipinski definition) is 1. The Morgan fingerprint density at radius 3 is 2.46 bits per heavy atom. The topological polar surface area (TPSA) is 77.7 Å². The number of pyridine rings is 1. The maximum atomic E-state index is 12.2. The number of benzene rings is 1. The van der Waals surface area contributed by atoms with Gasteiger partial charge in [-0.25, -0.2) is 9.78 Å². The molecule has 0 spiro atoms. The van der Waals surface area contributed by atoms with Gasteiger partial charge in [0, 0.05) is 13.1 Å². The predicted octanol–water partition coefficient (Wildman–Crippen LogP) is 4.48. The van der Waals surface area contributed by atoms with E-state index in [1.807, 2.05) is 0 Å². The Kier molecular flexibility index (Phi) is 5.19. The molecule has 0 aliphatic rings. The second-order valence-electron chi connectivity index (χ2n) is 6.18. The van der Waals surface area contributed by atoms with Crippen molar-refractivity contribution in [2.45, 2.75) is 26.4 Å². The Hall–Kier alpha value is -2.47. The first-order valence-electron chi connectivity index (χ1n) is 7.31. The molecule has 0 atom stereocenters. The van der Waals surface area contributed by atoms with Gasteiger partial charge in [0.1, 0.15) is 22.3 Å². The van der Waals surface area contributed by atoms with E-state index in [0.29, 0.717) is 28.0 Å². The summed E-state index contributed by atoms with van der Waals surface area (Å²) in [4.78, 5) is 17.5. The highest BCUT2D eigenvalue weighted by atomic mass is 35.5. The van der Waals surface area contributed by atoms with Gasteiger partial charge >= 0.3 is 6.09 Å². The Balaban J connectivity index is 2.21. The van der Waals surface area contributed by atoms with E-state index < -0.39 is 11.7 Å². The summed E-state index contributed by atoms with van der Waals surface area (Å²) in [5, 5.41) is 0.380. The number of carbonyl (C=O) groups excluding carboxylic acids is 1. The van der Waals surface area contributed by atoms with E-state index in [2.05, 4.69) is 4.98 Å². The Morgan fingerprint density at radius 2 is 1.88 bits per heavy atom. The lowest BCUT2D eigenvalue weighted by molar-refractivity contribution is 0.0589. The van der Waals surface area contributed by atoms with Crippen LogP contribution in [0.5, 0.6) is 11.5 Å². The van der Waals surface area contributed by atoms with Gasteiger partial charge in [0.2, 0.25) is 0 Å². The maximum Gasteiger partial charge on any atom is 0.414 e. The smallest absolute Gasteiger partial charge is 0.414 e. The van der Waals surface area contributed by atoms with Crippen LogP contribution in [0.4, 0.5) is 16.2 Å². The van der Waals surface area contributed by atoms with E-state index >= 15 is 0 Å². The molecule has 0 radical (unpaired) electrons. The molecule has 2 aromatic rings. The average Bonchev–Trinajstić information content (AvgIpc) is 2.49. The van der Waals surface area contributed by atoms with Gasteiger partial charge in [0.25, 0.3) is 0 Å². The van der Waals surface area contributed by atoms with Crippen LogP contribution in [-0.2, 0) is 4.74 Å². The third-order valence-corrected chi connectivity index (χ3v) is 3.19. The van der Waals surface area contributed by atoms with Gasteiger partial charge in [-0.1, -0.05) is 11.6 Å². The molecule has 0 fully saturated rings. The molecule has 0 bridgehead atoms. The Morgan fingerprint density at radius 1 is 1.21 bits per heavy atom. The van der Waals surface area contributed by atoms with E-state index in [0.717, 1.165) is 0 Å². The fraction of sp³-hybridized carbons (Fsp3) is 0.294. The predicted molar refractivity (Wildman–Crippen MR) is 94.8 cm³/mol. The third kappa shape index (κ3) is 4.76. The summed E-state index contributed by atoms with van der Waals surface area (Å²) in [6, 6.07) is 8.35. The summed E-state index contributed by atoms with van der Waals surface area (Å²) in [5.74, 6) is 1.04. The lowest BCUT2D eigenvalue weighted by Gasteiger charge is -2.25. The summed E-state index contributed by atoms with van der Waals surface area (Å²) < 4.78 is 11.1. The second kappa shape index (κ2) is 6.97. The van der Waals surface area contributed by atoms with E-state index in [9.17, 15) is 4.79 Å². The minimum Gasteiger partial charge on any atom is -0.456 e. The average molecular weight is 350 g/mol. The van der Waals surface area contributed by atoms with Gasteiger partial charge in [-0.05, 0) is 45.0 Å². The van der Waals surface area contributed by atoms with Crippen LogP contribution in [0.15, 0.2) is 36.5 Å². The Bertz CT molecular complexity index is 727. The standard InChI is InChI=1S/C17H20ClN3O3/c1-17(2,3)24-16(22)21(4)14-9-11(5-7-13(14)19)23-12-6-8-15(18)20-10-12/h5-10H,19H2,1-4H3. The number of anilines is 2. The van der Waals surface area contributed by atoms with E-state index in [-0.39, 0.29) is 0 Å². The number of ether oxygens (including phenoxy) is 2. The molecule has 7 heteroatoms. The highest BCUT2D eigenvalue weighted by Crippen LogP contribution is 2.31. The monoisotopic (exact) mass is 349 g/mol. The fourth-order valence-corrected chi connectivity index (χ4v) is 1.98. The Labute approximate surface area is 146 Å². The van der Waals surface area contributed by atoms with Crippen LogP contribution in [-0.4, -0.2) is 23.7 Å². The molecule has 0 unspecified atom stereocenters. The van der Waals surface area contributed by atoms with Gasteiger partial charge in [-0.3, -0.25) is 4.90 Å². The van der Waals surface area contributed by atoms with E-state index in [1.54, 1.807) is 58.2 Å². The lowest BCUT2D eigenvalue weighted by Crippen LogP contribution is -2.34. The SMILES string of the molecule is CN(C(=O)OC(C)(C)C)c1cc(Oc2ccc(Cl)nc2)ccc1N. The van der Waals surface area contributed by atoms with Crippen LogP contribution < -0.4 is 15.4 Å². The summed E-state index contributed by atoms with van der Waals surface area (Å²) >= 11 is 5.75. The van der Waals surface area contributed by atoms with Crippen molar-refractivity contribution in [3.63, 3.8) is 0 Å². The number of carbonyl (C=O) groups is 1. The van der Waals surface area contributed by atoms with Crippen LogP contribution in [0.25, 0.3) is 0 Å². The van der Waals surface area contributed by atoms with Crippen molar-refractivity contribution in [3.8, 4) is 11.5 Å². The summed E-state index contributed by atoms with van der Waals surface area (Å²) in [6.45, 7) is 5.40. The normalized spacial score (nSPS) is 11.0. The van der Waals surface area contributed by atoms with Gasteiger partial charge in [-0.2, -0.15) is 0 Å². The van der Waals surface area contributed by atoms with Crippen molar-refractivity contribution in [1.82, 2.24) is 4.98 Å². The maximum absolute atomic E-state index is 12.2. The van der Waals surface area contributed by atoms with E-state index in [4.69, 9.17) is 26.8 Å². The molecule has 0 aliphatic carbocycles. The van der Waals surface area contributed by atoms with Crippen LogP contribution in [0.3, 0.4) is 0 Å². The molecule has 1 aromatic carbocycles. The molecule has 128 valence electrons. The highest BCUT2D eigenvalue weighted by molar-refractivity contribution is 6.29. The zero-order valence-corrected chi connectivity index (χ0v) is 14.8. The molecule has 0 saturated carbocycles. The molecule has 2 N–H and O–H groups in total. The molecule has 1 amide bonds. The zero-order valence-electron chi connectivity index (χ0n) is 14.0. The molecule has 1 heterocycles. The van der Waals surface area contributed by atoms with Crippen molar-refractivity contribution >= 4 is 29.1 Å². The first-order valence-corrected chi connectivity index (χ1v) is 7.69. The number of nitrogens with zero attached hydrogens (tertiary/aromatic N) is 2. The number of nitrogens with two attached hydrogens (primary N) is 1. The molecule has 24 heavy (non-hydrogen) atoms. The van der Waals surface area contributed by atoms with Crippen molar-refractivity contribution in [3.05, 3.63) is 41.7 Å². The van der Waals surface area contributed by atoms with E-state index in [1.165, 1.54) is 11.1 Å². The molecule has 6 nitrogen and oxygen atoms in total. The minimum atomic E-state index is -0.594. The number of nitrogen functional groups attached to an aromatic ring is 1. The number of rotatable bonds is 3. The number of halogens is 1. The quantitative estimate of drug-likeness (QED) is 0.652. The largest absolute Gasteiger partial charge is 0.456 e. The van der Waals surface area contributed by atoms with Crippen LogP contribution in [0.1, 0.15) is 20.8 Å². The van der Waals surface area contributed by atoms with Crippen LogP contribution >= 0.6 is 11.6 Å². The number of amides is 1. The molecule has 2 rings (SSSR count). The highest BCUT2D eigenvalue weighted by Gasteiger charge is 2.22. The minimum absolute atomic E-state index is 0.380. The molecular weight excluding hydrogens is 330 g/mol. The molecule has 0 saturated heterocycles. The first-order chi connectivity index (χ1) is 11.2. The molecule has 0 aliphatic heterocycles. The van der Waals surface area contributed by atoms with Gasteiger partial charge in [-0.15, -0.1) is 0 Å². The number of hydrogen-bond acceptors (Lipinski definition) is 5.